The van der Waals surface area contributed by atoms with E-state index < -0.39 is 0 Å². The Bertz CT molecular complexity index is 1360. The number of nitrogens with one attached hydrogen (secondary N) is 2. The molecule has 1 saturated carbocycles. The van der Waals surface area contributed by atoms with Gasteiger partial charge in [-0.05, 0) is 62.4 Å². The molecule has 0 spiro atoms. The lowest BCUT2D eigenvalue weighted by atomic mass is 9.90. The summed E-state index contributed by atoms with van der Waals surface area (Å²) in [6.45, 7) is 5.73. The number of aromatic nitrogens is 1. The molecule has 8 heteroatoms. The first-order valence-electron chi connectivity index (χ1n) is 13.3. The average molecular weight is 528 g/mol. The van der Waals surface area contributed by atoms with Gasteiger partial charge in [-0.15, -0.1) is 0 Å². The van der Waals surface area contributed by atoms with Crippen LogP contribution in [0.1, 0.15) is 36.2 Å². The second-order valence-electron chi connectivity index (χ2n) is 10.0. The second kappa shape index (κ2) is 13.2. The summed E-state index contributed by atoms with van der Waals surface area (Å²) in [7, 11) is 5.49. The molecule has 3 aromatic rings. The molecule has 8 nitrogen and oxygen atoms in total. The summed E-state index contributed by atoms with van der Waals surface area (Å²) in [5, 5.41) is 17.5. The standard InChI is InChI=1S/C31H37N5O3/c1-21(19-32)20-33-30-26-18-23(9-8-22(26)10-15-29(30)39-4)27-6-5-7-28(35-27)31(37)34-24-11-13-25(14-12-24)36(2)16-17-38-3/h5-10,15,18,24-25,33H,1,11-14,16-17,20H2,2-4H3,(H,34,37)/t24-,25-. The minimum atomic E-state index is -0.145. The zero-order valence-electron chi connectivity index (χ0n) is 23.0. The molecule has 2 aromatic carbocycles. The molecule has 1 fully saturated rings. The molecule has 0 atom stereocenters. The quantitative estimate of drug-likeness (QED) is 0.338. The van der Waals surface area contributed by atoms with Crippen molar-refractivity contribution in [3.05, 3.63) is 66.4 Å². The summed E-state index contributed by atoms with van der Waals surface area (Å²) in [5.74, 6) is 0.527. The Morgan fingerprint density at radius 1 is 1.15 bits per heavy atom. The van der Waals surface area contributed by atoms with Gasteiger partial charge in [0.1, 0.15) is 11.4 Å². The van der Waals surface area contributed by atoms with Crippen LogP contribution in [0.15, 0.2) is 60.7 Å². The fraction of sp³-hybridized carbons (Fsp3) is 0.387. The first-order valence-corrected chi connectivity index (χ1v) is 13.3. The van der Waals surface area contributed by atoms with Crippen LogP contribution in [0, 0.1) is 11.3 Å². The first-order chi connectivity index (χ1) is 18.9. The first kappa shape index (κ1) is 28.1. The van der Waals surface area contributed by atoms with Gasteiger partial charge in [0.2, 0.25) is 0 Å². The van der Waals surface area contributed by atoms with Gasteiger partial charge in [-0.3, -0.25) is 4.79 Å². The number of carbonyl (C=O) groups is 1. The van der Waals surface area contributed by atoms with Gasteiger partial charge in [0, 0.05) is 48.8 Å². The normalized spacial score (nSPS) is 17.0. The van der Waals surface area contributed by atoms with Gasteiger partial charge in [-0.25, -0.2) is 4.98 Å². The van der Waals surface area contributed by atoms with Crippen LogP contribution in [-0.2, 0) is 4.74 Å². The molecular weight excluding hydrogens is 490 g/mol. The Morgan fingerprint density at radius 2 is 1.92 bits per heavy atom. The highest BCUT2D eigenvalue weighted by Gasteiger charge is 2.25. The maximum atomic E-state index is 13.1. The third-order valence-corrected chi connectivity index (χ3v) is 7.42. The molecule has 39 heavy (non-hydrogen) atoms. The van der Waals surface area contributed by atoms with E-state index >= 15 is 0 Å². The number of rotatable bonds is 11. The number of fused-ring (bicyclic) bond motifs is 1. The second-order valence-corrected chi connectivity index (χ2v) is 10.0. The Labute approximate surface area is 230 Å². The number of amides is 1. The monoisotopic (exact) mass is 527 g/mol. The van der Waals surface area contributed by atoms with Crippen LogP contribution in [0.25, 0.3) is 22.0 Å². The number of likely N-dealkylation sites (N-methyl/N-ethyl adjacent to an activating group) is 1. The van der Waals surface area contributed by atoms with Gasteiger partial charge in [0.25, 0.3) is 5.91 Å². The molecule has 1 aromatic heterocycles. The predicted molar refractivity (Wildman–Crippen MR) is 155 cm³/mol. The summed E-state index contributed by atoms with van der Waals surface area (Å²) in [5.41, 5.74) is 3.21. The number of pyridine rings is 1. The number of methoxy groups -OCH3 is 2. The van der Waals surface area contributed by atoms with E-state index in [0.717, 1.165) is 60.9 Å². The molecule has 0 saturated heterocycles. The van der Waals surface area contributed by atoms with Crippen molar-refractivity contribution in [1.82, 2.24) is 15.2 Å². The number of nitriles is 1. The van der Waals surface area contributed by atoms with Crippen molar-refractivity contribution in [3.8, 4) is 23.1 Å². The zero-order valence-corrected chi connectivity index (χ0v) is 23.0. The number of ether oxygens (including phenoxy) is 2. The summed E-state index contributed by atoms with van der Waals surface area (Å²) in [6, 6.07) is 18.2. The Morgan fingerprint density at radius 3 is 2.64 bits per heavy atom. The zero-order chi connectivity index (χ0) is 27.8. The van der Waals surface area contributed by atoms with E-state index in [9.17, 15) is 4.79 Å². The maximum absolute atomic E-state index is 13.1. The lowest BCUT2D eigenvalue weighted by Gasteiger charge is -2.34. The van der Waals surface area contributed by atoms with E-state index in [1.165, 1.54) is 0 Å². The van der Waals surface area contributed by atoms with Crippen molar-refractivity contribution >= 4 is 22.4 Å². The third kappa shape index (κ3) is 6.94. The van der Waals surface area contributed by atoms with Gasteiger partial charge >= 0.3 is 0 Å². The number of anilines is 1. The van der Waals surface area contributed by atoms with Gasteiger partial charge in [-0.1, -0.05) is 30.8 Å². The van der Waals surface area contributed by atoms with Crippen molar-refractivity contribution in [2.75, 3.05) is 46.3 Å². The number of carbonyl (C=O) groups excluding carboxylic acids is 1. The molecule has 1 aliphatic carbocycles. The number of hydrogen-bond acceptors (Lipinski definition) is 7. The van der Waals surface area contributed by atoms with Crippen molar-refractivity contribution in [2.24, 2.45) is 0 Å². The average Bonchev–Trinajstić information content (AvgIpc) is 2.98. The van der Waals surface area contributed by atoms with E-state index in [0.29, 0.717) is 35.3 Å². The highest BCUT2D eigenvalue weighted by Crippen LogP contribution is 2.35. The van der Waals surface area contributed by atoms with Crippen molar-refractivity contribution in [1.29, 1.82) is 5.26 Å². The smallest absolute Gasteiger partial charge is 0.270 e. The molecule has 4 rings (SSSR count). The fourth-order valence-electron chi connectivity index (χ4n) is 5.11. The van der Waals surface area contributed by atoms with Gasteiger partial charge < -0.3 is 25.0 Å². The van der Waals surface area contributed by atoms with Crippen LogP contribution in [-0.4, -0.2) is 68.8 Å². The van der Waals surface area contributed by atoms with E-state index in [1.54, 1.807) is 20.3 Å². The maximum Gasteiger partial charge on any atom is 0.270 e. The third-order valence-electron chi connectivity index (χ3n) is 7.42. The van der Waals surface area contributed by atoms with Gasteiger partial charge in [0.05, 0.1) is 31.2 Å². The van der Waals surface area contributed by atoms with Crippen molar-refractivity contribution in [3.63, 3.8) is 0 Å². The molecule has 0 radical (unpaired) electrons. The van der Waals surface area contributed by atoms with Crippen LogP contribution >= 0.6 is 0 Å². The molecule has 1 amide bonds. The molecule has 1 aliphatic rings. The van der Waals surface area contributed by atoms with Crippen LogP contribution in [0.2, 0.25) is 0 Å². The van der Waals surface area contributed by atoms with Crippen LogP contribution in [0.5, 0.6) is 5.75 Å². The fourth-order valence-corrected chi connectivity index (χ4v) is 5.11. The predicted octanol–water partition coefficient (Wildman–Crippen LogP) is 5.02. The minimum Gasteiger partial charge on any atom is -0.495 e. The highest BCUT2D eigenvalue weighted by atomic mass is 16.5. The van der Waals surface area contributed by atoms with Crippen molar-refractivity contribution < 1.29 is 14.3 Å². The van der Waals surface area contributed by atoms with Crippen LogP contribution in [0.4, 0.5) is 5.69 Å². The van der Waals surface area contributed by atoms with E-state index in [-0.39, 0.29) is 11.9 Å². The Balaban J connectivity index is 1.49. The minimum absolute atomic E-state index is 0.145. The number of benzene rings is 2. The molecule has 1 heterocycles. The molecule has 0 aliphatic heterocycles. The Kier molecular flexibility index (Phi) is 9.53. The van der Waals surface area contributed by atoms with Gasteiger partial charge in [0.15, 0.2) is 0 Å². The highest BCUT2D eigenvalue weighted by molar-refractivity contribution is 5.99. The van der Waals surface area contributed by atoms with E-state index in [4.69, 9.17) is 19.7 Å². The van der Waals surface area contributed by atoms with Crippen molar-refractivity contribution in [2.45, 2.75) is 37.8 Å². The molecule has 0 unspecified atom stereocenters. The Hall–Kier alpha value is -3.93. The largest absolute Gasteiger partial charge is 0.495 e. The lowest BCUT2D eigenvalue weighted by molar-refractivity contribution is 0.0891. The van der Waals surface area contributed by atoms with E-state index in [2.05, 4.69) is 35.2 Å². The number of nitrogens with zero attached hydrogens (tertiary/aromatic N) is 3. The SMILES string of the molecule is C=C(C#N)CNc1c(OC)ccc2ccc(-c3cccc(C(=O)N[C@H]4CC[C@H](N(C)CCOC)CC4)n3)cc12. The van der Waals surface area contributed by atoms with Gasteiger partial charge in [-0.2, -0.15) is 5.26 Å². The van der Waals surface area contributed by atoms with Crippen LogP contribution < -0.4 is 15.4 Å². The molecular formula is C31H37N5O3. The molecule has 2 N–H and O–H groups in total. The lowest BCUT2D eigenvalue weighted by Crippen LogP contribution is -2.43. The summed E-state index contributed by atoms with van der Waals surface area (Å²) >= 11 is 0. The molecule has 204 valence electrons. The molecule has 0 bridgehead atoms. The van der Waals surface area contributed by atoms with E-state index in [1.807, 2.05) is 42.5 Å². The summed E-state index contributed by atoms with van der Waals surface area (Å²) in [6.07, 6.45) is 4.01. The van der Waals surface area contributed by atoms with Crippen LogP contribution in [0.3, 0.4) is 0 Å². The topological polar surface area (TPSA) is 99.5 Å². The summed E-state index contributed by atoms with van der Waals surface area (Å²) < 4.78 is 10.8. The summed E-state index contributed by atoms with van der Waals surface area (Å²) in [4.78, 5) is 20.2. The number of hydrogen-bond donors (Lipinski definition) is 2.